The lowest BCUT2D eigenvalue weighted by Crippen LogP contribution is -2.21. The summed E-state index contributed by atoms with van der Waals surface area (Å²) < 4.78 is 24.6. The topological polar surface area (TPSA) is 52.9 Å². The van der Waals surface area contributed by atoms with Crippen molar-refractivity contribution < 1.29 is 8.60 Å². The molecular weight excluding hydrogens is 251 g/mol. The Morgan fingerprint density at radius 1 is 1.56 bits per heavy atom. The van der Waals surface area contributed by atoms with Crippen molar-refractivity contribution in [3.8, 4) is 6.07 Å². The molecule has 1 aromatic rings. The first-order chi connectivity index (χ1) is 8.54. The fourth-order valence-corrected chi connectivity index (χ4v) is 1.90. The second-order valence-electron chi connectivity index (χ2n) is 4.19. The maximum Gasteiger partial charge on any atom is 0.129 e. The monoisotopic (exact) mass is 268 g/mol. The fourth-order valence-electron chi connectivity index (χ4n) is 1.45. The normalized spacial score (nSPS) is 13.9. The average Bonchev–Trinajstić information content (AvgIpc) is 2.35. The standard InChI is InChI=1S/C13H17FN2OS/c1-10(18(2)17)5-6-16-9-12-4-3-11(8-15)7-13(12)14/h3-4,7,10,16H,5-6,9H2,1-2H3. The van der Waals surface area contributed by atoms with Crippen molar-refractivity contribution in [2.45, 2.75) is 25.1 Å². The first-order valence-corrected chi connectivity index (χ1v) is 7.38. The van der Waals surface area contributed by atoms with Gasteiger partial charge >= 0.3 is 0 Å². The Morgan fingerprint density at radius 3 is 2.83 bits per heavy atom. The molecule has 0 saturated carbocycles. The van der Waals surface area contributed by atoms with Gasteiger partial charge in [-0.1, -0.05) is 13.0 Å². The molecule has 0 bridgehead atoms. The Morgan fingerprint density at radius 2 is 2.28 bits per heavy atom. The van der Waals surface area contributed by atoms with Crippen molar-refractivity contribution in [1.82, 2.24) is 5.32 Å². The van der Waals surface area contributed by atoms with Gasteiger partial charge in [-0.15, -0.1) is 0 Å². The van der Waals surface area contributed by atoms with Gasteiger partial charge in [0.05, 0.1) is 11.6 Å². The van der Waals surface area contributed by atoms with E-state index in [1.807, 2.05) is 13.0 Å². The van der Waals surface area contributed by atoms with Crippen molar-refractivity contribution >= 4 is 10.8 Å². The van der Waals surface area contributed by atoms with Gasteiger partial charge in [-0.2, -0.15) is 5.26 Å². The van der Waals surface area contributed by atoms with Crippen LogP contribution in [-0.2, 0) is 17.3 Å². The van der Waals surface area contributed by atoms with Crippen molar-refractivity contribution in [2.24, 2.45) is 0 Å². The quantitative estimate of drug-likeness (QED) is 0.802. The highest BCUT2D eigenvalue weighted by atomic mass is 32.2. The van der Waals surface area contributed by atoms with Crippen LogP contribution in [0.4, 0.5) is 4.39 Å². The predicted octanol–water partition coefficient (Wildman–Crippen LogP) is 1.94. The van der Waals surface area contributed by atoms with Crippen molar-refractivity contribution in [3.63, 3.8) is 0 Å². The first kappa shape index (κ1) is 14.8. The lowest BCUT2D eigenvalue weighted by Gasteiger charge is -2.09. The van der Waals surface area contributed by atoms with E-state index in [-0.39, 0.29) is 11.1 Å². The molecule has 1 aromatic carbocycles. The summed E-state index contributed by atoms with van der Waals surface area (Å²) in [5.41, 5.74) is 0.866. The number of benzene rings is 1. The molecule has 0 radical (unpaired) electrons. The Balaban J connectivity index is 2.41. The third kappa shape index (κ3) is 4.55. The Kier molecular flexibility index (Phi) is 5.96. The van der Waals surface area contributed by atoms with E-state index < -0.39 is 10.8 Å². The summed E-state index contributed by atoms with van der Waals surface area (Å²) >= 11 is 0. The predicted molar refractivity (Wildman–Crippen MR) is 71.0 cm³/mol. The largest absolute Gasteiger partial charge is 0.313 e. The second kappa shape index (κ2) is 7.24. The van der Waals surface area contributed by atoms with Crippen LogP contribution in [0.5, 0.6) is 0 Å². The molecule has 3 nitrogen and oxygen atoms in total. The zero-order chi connectivity index (χ0) is 13.5. The van der Waals surface area contributed by atoms with Gasteiger partial charge in [0.1, 0.15) is 5.82 Å². The SMILES string of the molecule is CC(CCNCc1ccc(C#N)cc1F)S(C)=O. The van der Waals surface area contributed by atoms with Gasteiger partial charge in [0, 0.05) is 34.4 Å². The lowest BCUT2D eigenvalue weighted by molar-refractivity contribution is 0.578. The number of nitrogens with zero attached hydrogens (tertiary/aromatic N) is 1. The number of nitriles is 1. The van der Waals surface area contributed by atoms with Gasteiger partial charge in [-0.25, -0.2) is 4.39 Å². The van der Waals surface area contributed by atoms with Crippen LogP contribution in [0.1, 0.15) is 24.5 Å². The first-order valence-electron chi connectivity index (χ1n) is 5.76. The minimum Gasteiger partial charge on any atom is -0.313 e. The number of halogens is 1. The highest BCUT2D eigenvalue weighted by molar-refractivity contribution is 7.84. The fraction of sp³-hybridized carbons (Fsp3) is 0.462. The van der Waals surface area contributed by atoms with Crippen LogP contribution in [0.3, 0.4) is 0 Å². The smallest absolute Gasteiger partial charge is 0.129 e. The summed E-state index contributed by atoms with van der Waals surface area (Å²) in [4.78, 5) is 0. The lowest BCUT2D eigenvalue weighted by atomic mass is 10.1. The van der Waals surface area contributed by atoms with Gasteiger partial charge < -0.3 is 5.32 Å². The van der Waals surface area contributed by atoms with Gasteiger partial charge in [0.25, 0.3) is 0 Å². The van der Waals surface area contributed by atoms with E-state index in [0.717, 1.165) is 6.42 Å². The average molecular weight is 268 g/mol. The molecule has 0 aliphatic carbocycles. The summed E-state index contributed by atoms with van der Waals surface area (Å²) in [6.07, 6.45) is 2.48. The number of hydrogen-bond donors (Lipinski definition) is 1. The van der Waals surface area contributed by atoms with Crippen molar-refractivity contribution in [3.05, 3.63) is 35.1 Å². The minimum absolute atomic E-state index is 0.142. The maximum atomic E-state index is 13.5. The molecule has 1 rings (SSSR count). The Bertz CT molecular complexity index is 471. The van der Waals surface area contributed by atoms with Crippen molar-refractivity contribution in [2.75, 3.05) is 12.8 Å². The van der Waals surface area contributed by atoms with Crippen LogP contribution in [0, 0.1) is 17.1 Å². The molecular formula is C13H17FN2OS. The summed E-state index contributed by atoms with van der Waals surface area (Å²) in [6.45, 7) is 3.04. The second-order valence-corrected chi connectivity index (χ2v) is 5.99. The summed E-state index contributed by atoms with van der Waals surface area (Å²) in [5, 5.41) is 11.9. The number of hydrogen-bond acceptors (Lipinski definition) is 3. The van der Waals surface area contributed by atoms with E-state index in [4.69, 9.17) is 5.26 Å². The highest BCUT2D eigenvalue weighted by Crippen LogP contribution is 2.09. The minimum atomic E-state index is -0.817. The molecule has 0 aliphatic rings. The highest BCUT2D eigenvalue weighted by Gasteiger charge is 2.06. The molecule has 0 saturated heterocycles. The van der Waals surface area contributed by atoms with Crippen LogP contribution in [-0.4, -0.2) is 22.3 Å². The molecule has 0 amide bonds. The maximum absolute atomic E-state index is 13.5. The van der Waals surface area contributed by atoms with E-state index in [1.165, 1.54) is 6.07 Å². The van der Waals surface area contributed by atoms with E-state index in [0.29, 0.717) is 24.2 Å². The molecule has 5 heteroatoms. The van der Waals surface area contributed by atoms with Crippen molar-refractivity contribution in [1.29, 1.82) is 5.26 Å². The van der Waals surface area contributed by atoms with Crippen LogP contribution in [0.15, 0.2) is 18.2 Å². The zero-order valence-electron chi connectivity index (χ0n) is 10.6. The molecule has 0 aromatic heterocycles. The van der Waals surface area contributed by atoms with E-state index in [9.17, 15) is 8.60 Å². The van der Waals surface area contributed by atoms with E-state index in [1.54, 1.807) is 18.4 Å². The Labute approximate surface area is 109 Å². The van der Waals surface area contributed by atoms with E-state index in [2.05, 4.69) is 5.32 Å². The summed E-state index contributed by atoms with van der Waals surface area (Å²) in [6, 6.07) is 6.35. The molecule has 0 aliphatic heterocycles. The van der Waals surface area contributed by atoms with Crippen LogP contribution < -0.4 is 5.32 Å². The molecule has 98 valence electrons. The molecule has 2 atom stereocenters. The molecule has 18 heavy (non-hydrogen) atoms. The molecule has 2 unspecified atom stereocenters. The molecule has 1 N–H and O–H groups in total. The molecule has 0 spiro atoms. The summed E-state index contributed by atoms with van der Waals surface area (Å²) in [5.74, 6) is -0.367. The van der Waals surface area contributed by atoms with Crippen LogP contribution in [0.25, 0.3) is 0 Å². The van der Waals surface area contributed by atoms with Gasteiger partial charge in [-0.3, -0.25) is 4.21 Å². The third-order valence-corrected chi connectivity index (χ3v) is 4.16. The third-order valence-electron chi connectivity index (χ3n) is 2.79. The Hall–Kier alpha value is -1.25. The van der Waals surface area contributed by atoms with Crippen LogP contribution >= 0.6 is 0 Å². The molecule has 0 fully saturated rings. The van der Waals surface area contributed by atoms with Gasteiger partial charge in [0.2, 0.25) is 0 Å². The van der Waals surface area contributed by atoms with Crippen LogP contribution in [0.2, 0.25) is 0 Å². The molecule has 0 heterocycles. The zero-order valence-corrected chi connectivity index (χ0v) is 11.4. The van der Waals surface area contributed by atoms with E-state index >= 15 is 0 Å². The van der Waals surface area contributed by atoms with Gasteiger partial charge in [0.15, 0.2) is 0 Å². The summed E-state index contributed by atoms with van der Waals surface area (Å²) in [7, 11) is -0.817. The number of nitrogens with one attached hydrogen (secondary N) is 1. The van der Waals surface area contributed by atoms with Gasteiger partial charge in [-0.05, 0) is 25.1 Å². The number of rotatable bonds is 6.